The van der Waals surface area contributed by atoms with Gasteiger partial charge in [-0.2, -0.15) is 4.98 Å². The normalized spacial score (nSPS) is 19.4. The van der Waals surface area contributed by atoms with Crippen LogP contribution in [0.2, 0.25) is 0 Å². The fourth-order valence-electron chi connectivity index (χ4n) is 4.43. The van der Waals surface area contributed by atoms with Crippen molar-refractivity contribution in [3.63, 3.8) is 0 Å². The number of anilines is 2. The summed E-state index contributed by atoms with van der Waals surface area (Å²) in [6, 6.07) is 13.3. The lowest BCUT2D eigenvalue weighted by Crippen LogP contribution is -2.34. The highest BCUT2D eigenvalue weighted by molar-refractivity contribution is 7.21. The average Bonchev–Trinajstić information content (AvgIpc) is 3.45. The molecule has 188 valence electrons. The van der Waals surface area contributed by atoms with Crippen LogP contribution in [0.3, 0.4) is 0 Å². The van der Waals surface area contributed by atoms with Gasteiger partial charge in [0.15, 0.2) is 0 Å². The maximum atomic E-state index is 10.5. The van der Waals surface area contributed by atoms with Gasteiger partial charge in [0.25, 0.3) is 0 Å². The smallest absolute Gasteiger partial charge is 0.225 e. The van der Waals surface area contributed by atoms with Crippen molar-refractivity contribution in [1.29, 1.82) is 0 Å². The van der Waals surface area contributed by atoms with Gasteiger partial charge in [0, 0.05) is 12.6 Å². The third-order valence-corrected chi connectivity index (χ3v) is 7.42. The van der Waals surface area contributed by atoms with E-state index in [4.69, 9.17) is 24.4 Å². The molecule has 1 aliphatic rings. The number of para-hydroxylation sites is 1. The Bertz CT molecular complexity index is 1320. The topological polar surface area (TPSA) is 122 Å². The zero-order chi connectivity index (χ0) is 25.2. The van der Waals surface area contributed by atoms with Gasteiger partial charge in [0.2, 0.25) is 5.95 Å². The highest BCUT2D eigenvalue weighted by Crippen LogP contribution is 2.37. The molecule has 9 nitrogen and oxygen atoms in total. The zero-order valence-corrected chi connectivity index (χ0v) is 21.2. The number of aryl methyl sites for hydroxylation is 1. The molecule has 1 saturated carbocycles. The highest BCUT2D eigenvalue weighted by atomic mass is 32.1. The maximum Gasteiger partial charge on any atom is 0.225 e. The van der Waals surface area contributed by atoms with Crippen LogP contribution in [-0.4, -0.2) is 57.6 Å². The van der Waals surface area contributed by atoms with Crippen LogP contribution in [0.4, 0.5) is 11.8 Å². The summed E-state index contributed by atoms with van der Waals surface area (Å²) in [6.07, 6.45) is -0.458. The molecule has 0 aliphatic heterocycles. The summed E-state index contributed by atoms with van der Waals surface area (Å²) in [5, 5.41) is 28.0. The summed E-state index contributed by atoms with van der Waals surface area (Å²) in [4.78, 5) is 14.3. The molecule has 10 heteroatoms. The number of methoxy groups -OCH3 is 2. The third kappa shape index (κ3) is 4.92. The van der Waals surface area contributed by atoms with Crippen molar-refractivity contribution in [1.82, 2.24) is 15.0 Å². The van der Waals surface area contributed by atoms with Crippen molar-refractivity contribution in [2.75, 3.05) is 24.9 Å². The second-order valence-corrected chi connectivity index (χ2v) is 9.83. The molecule has 4 aromatic rings. The number of nitrogens with zero attached hydrogens (tertiary/aromatic N) is 3. The number of nitrogens with one attached hydrogen (secondary N) is 2. The SMILES string of the molecule is COc1cc(CNc2nc(C)c(-c3nc4ccccc4s3)c(N[C@@H]3CC[C@@H](O)[C@H]3O)n2)cc(OC)c1. The van der Waals surface area contributed by atoms with E-state index in [2.05, 4.69) is 10.6 Å². The minimum atomic E-state index is -0.871. The standard InChI is InChI=1S/C26H29N5O4S/c1-14-22(25-30-18-6-4-5-7-21(18)36-25)24(29-19-8-9-20(32)23(19)33)31-26(28-14)27-13-15-10-16(34-2)12-17(11-15)35-3/h4-7,10-12,19-20,23,32-33H,8-9,13H2,1-3H3,(H2,27,28,29,31)/t19-,20-,23+/m1/s1. The first-order chi connectivity index (χ1) is 17.4. The van der Waals surface area contributed by atoms with Crippen LogP contribution in [0.1, 0.15) is 24.1 Å². The Morgan fingerprint density at radius 1 is 1.00 bits per heavy atom. The maximum absolute atomic E-state index is 10.5. The van der Waals surface area contributed by atoms with Crippen molar-refractivity contribution < 1.29 is 19.7 Å². The number of thiazole rings is 1. The summed E-state index contributed by atoms with van der Waals surface area (Å²) < 4.78 is 11.8. The molecule has 1 aliphatic carbocycles. The second-order valence-electron chi connectivity index (χ2n) is 8.80. The summed E-state index contributed by atoms with van der Waals surface area (Å²) in [5.41, 5.74) is 3.41. The van der Waals surface area contributed by atoms with E-state index in [1.165, 1.54) is 0 Å². The van der Waals surface area contributed by atoms with Gasteiger partial charge in [0.05, 0.1) is 53.9 Å². The fraction of sp³-hybridized carbons (Fsp3) is 0.346. The summed E-state index contributed by atoms with van der Waals surface area (Å²) in [5.74, 6) is 2.41. The van der Waals surface area contributed by atoms with Crippen molar-refractivity contribution in [3.8, 4) is 22.1 Å². The Labute approximate surface area is 213 Å². The Hall–Kier alpha value is -3.47. The molecule has 2 aromatic carbocycles. The highest BCUT2D eigenvalue weighted by Gasteiger charge is 2.34. The molecule has 0 saturated heterocycles. The molecular weight excluding hydrogens is 478 g/mol. The van der Waals surface area contributed by atoms with Crippen molar-refractivity contribution in [2.24, 2.45) is 0 Å². The van der Waals surface area contributed by atoms with Crippen LogP contribution >= 0.6 is 11.3 Å². The van der Waals surface area contributed by atoms with Gasteiger partial charge in [-0.05, 0) is 49.6 Å². The lowest BCUT2D eigenvalue weighted by molar-refractivity contribution is 0.0391. The molecule has 0 unspecified atom stereocenters. The van der Waals surface area contributed by atoms with Crippen LogP contribution < -0.4 is 20.1 Å². The number of aromatic nitrogens is 3. The molecule has 4 N–H and O–H groups in total. The molecule has 0 radical (unpaired) electrons. The van der Waals surface area contributed by atoms with E-state index in [0.717, 1.165) is 32.0 Å². The van der Waals surface area contributed by atoms with Crippen LogP contribution in [0.15, 0.2) is 42.5 Å². The predicted octanol–water partition coefficient (Wildman–Crippen LogP) is 3.99. The van der Waals surface area contributed by atoms with Gasteiger partial charge in [-0.15, -0.1) is 11.3 Å². The zero-order valence-electron chi connectivity index (χ0n) is 20.4. The number of hydrogen-bond donors (Lipinski definition) is 4. The Balaban J connectivity index is 1.49. The number of fused-ring (bicyclic) bond motifs is 1. The number of ether oxygens (including phenoxy) is 2. The third-order valence-electron chi connectivity index (χ3n) is 6.36. The molecule has 1 fully saturated rings. The lowest BCUT2D eigenvalue weighted by atomic mass is 10.1. The first-order valence-corrected chi connectivity index (χ1v) is 12.6. The number of aliphatic hydroxyl groups excluding tert-OH is 2. The minimum Gasteiger partial charge on any atom is -0.497 e. The second kappa shape index (κ2) is 10.3. The first kappa shape index (κ1) is 24.2. The van der Waals surface area contributed by atoms with Gasteiger partial charge in [-0.25, -0.2) is 9.97 Å². The van der Waals surface area contributed by atoms with E-state index in [-0.39, 0.29) is 6.04 Å². The molecule has 3 atom stereocenters. The number of benzene rings is 2. The largest absolute Gasteiger partial charge is 0.497 e. The van der Waals surface area contributed by atoms with Gasteiger partial charge >= 0.3 is 0 Å². The van der Waals surface area contributed by atoms with E-state index in [1.54, 1.807) is 25.6 Å². The fourth-order valence-corrected chi connectivity index (χ4v) is 5.50. The Morgan fingerprint density at radius 2 is 1.75 bits per heavy atom. The minimum absolute atomic E-state index is 0.321. The van der Waals surface area contributed by atoms with Gasteiger partial charge < -0.3 is 30.3 Å². The Morgan fingerprint density at radius 3 is 2.42 bits per heavy atom. The summed E-state index contributed by atoms with van der Waals surface area (Å²) in [6.45, 7) is 2.38. The van der Waals surface area contributed by atoms with Gasteiger partial charge in [-0.1, -0.05) is 12.1 Å². The molecule has 0 spiro atoms. The Kier molecular flexibility index (Phi) is 6.90. The lowest BCUT2D eigenvalue weighted by Gasteiger charge is -2.21. The van der Waals surface area contributed by atoms with Crippen molar-refractivity contribution in [2.45, 2.75) is 44.6 Å². The molecule has 5 rings (SSSR count). The van der Waals surface area contributed by atoms with E-state index in [9.17, 15) is 10.2 Å². The van der Waals surface area contributed by atoms with E-state index >= 15 is 0 Å². The quantitative estimate of drug-likeness (QED) is 0.280. The van der Waals surface area contributed by atoms with Crippen LogP contribution in [0, 0.1) is 6.92 Å². The van der Waals surface area contributed by atoms with Gasteiger partial charge in [0.1, 0.15) is 22.3 Å². The van der Waals surface area contributed by atoms with Crippen LogP contribution in [0.25, 0.3) is 20.8 Å². The number of hydrogen-bond acceptors (Lipinski definition) is 10. The number of aliphatic hydroxyl groups is 2. The monoisotopic (exact) mass is 507 g/mol. The van der Waals surface area contributed by atoms with Crippen molar-refractivity contribution >= 4 is 33.3 Å². The van der Waals surface area contributed by atoms with Crippen molar-refractivity contribution in [3.05, 3.63) is 53.7 Å². The van der Waals surface area contributed by atoms with Gasteiger partial charge in [-0.3, -0.25) is 0 Å². The molecule has 0 bridgehead atoms. The van der Waals surface area contributed by atoms with Crippen LogP contribution in [0.5, 0.6) is 11.5 Å². The van der Waals surface area contributed by atoms with Crippen LogP contribution in [-0.2, 0) is 6.54 Å². The van der Waals surface area contributed by atoms with E-state index in [1.807, 2.05) is 49.4 Å². The average molecular weight is 508 g/mol. The van der Waals surface area contributed by atoms with E-state index in [0.29, 0.717) is 42.7 Å². The number of rotatable bonds is 8. The van der Waals surface area contributed by atoms with E-state index < -0.39 is 12.2 Å². The molecule has 2 heterocycles. The first-order valence-electron chi connectivity index (χ1n) is 11.8. The summed E-state index contributed by atoms with van der Waals surface area (Å²) in [7, 11) is 3.23. The predicted molar refractivity (Wildman–Crippen MR) is 141 cm³/mol. The molecule has 2 aromatic heterocycles. The molecular formula is C26H29N5O4S. The molecule has 0 amide bonds. The summed E-state index contributed by atoms with van der Waals surface area (Å²) >= 11 is 1.57. The molecule has 36 heavy (non-hydrogen) atoms.